The molecule has 0 saturated heterocycles. The second-order valence-electron chi connectivity index (χ2n) is 11.8. The molecule has 0 amide bonds. The van der Waals surface area contributed by atoms with Crippen LogP contribution in [0.1, 0.15) is 26.3 Å². The van der Waals surface area contributed by atoms with Crippen LogP contribution in [0.25, 0.3) is 66.9 Å². The quantitative estimate of drug-likeness (QED) is 0.223. The van der Waals surface area contributed by atoms with Gasteiger partial charge < -0.3 is 0 Å². The molecule has 0 aliphatic heterocycles. The van der Waals surface area contributed by atoms with Crippen LogP contribution < -0.4 is 0 Å². The van der Waals surface area contributed by atoms with Crippen LogP contribution >= 0.6 is 0 Å². The minimum atomic E-state index is 0.0555. The van der Waals surface area contributed by atoms with Gasteiger partial charge in [0.2, 0.25) is 11.9 Å². The van der Waals surface area contributed by atoms with Crippen LogP contribution in [0.4, 0.5) is 0 Å². The lowest BCUT2D eigenvalue weighted by molar-refractivity contribution is 0.590. The smallest absolute Gasteiger partial charge is 0.240 e. The monoisotopic (exact) mass is 543 g/mol. The van der Waals surface area contributed by atoms with Gasteiger partial charge in [-0.05, 0) is 35.2 Å². The van der Waals surface area contributed by atoms with E-state index in [4.69, 9.17) is 15.0 Å². The number of hydrogen-bond acceptors (Lipinski definition) is 3. The van der Waals surface area contributed by atoms with E-state index >= 15 is 0 Å². The van der Waals surface area contributed by atoms with Gasteiger partial charge in [-0.3, -0.25) is 9.13 Å². The summed E-state index contributed by atoms with van der Waals surface area (Å²) >= 11 is 0. The Morgan fingerprint density at radius 2 is 0.786 bits per heavy atom. The standard InChI is InChI=1S/C37H29N5/c1-37(2,3)25-22-20-24(21-23-25)34-38-35(41-30-16-8-4-12-26(30)27-13-5-9-17-31(27)41)40-36(39-34)42-32-18-10-6-14-28(32)29-15-7-11-19-33(29)42/h4-23H,1-3H3. The number of nitrogens with zero attached hydrogens (tertiary/aromatic N) is 5. The Morgan fingerprint density at radius 1 is 0.429 bits per heavy atom. The maximum absolute atomic E-state index is 5.20. The topological polar surface area (TPSA) is 48.5 Å². The highest BCUT2D eigenvalue weighted by Gasteiger charge is 2.20. The molecule has 0 spiro atoms. The zero-order chi connectivity index (χ0) is 28.4. The molecule has 0 radical (unpaired) electrons. The zero-order valence-electron chi connectivity index (χ0n) is 23.8. The number of rotatable bonds is 3. The largest absolute Gasteiger partial charge is 0.278 e. The molecule has 0 bridgehead atoms. The van der Waals surface area contributed by atoms with Gasteiger partial charge in [-0.15, -0.1) is 0 Å². The molecule has 0 aliphatic rings. The van der Waals surface area contributed by atoms with Crippen LogP contribution in [0, 0.1) is 0 Å². The summed E-state index contributed by atoms with van der Waals surface area (Å²) in [5, 5.41) is 4.68. The highest BCUT2D eigenvalue weighted by molar-refractivity contribution is 6.10. The highest BCUT2D eigenvalue weighted by atomic mass is 15.3. The van der Waals surface area contributed by atoms with Gasteiger partial charge in [-0.25, -0.2) is 0 Å². The molecule has 0 fully saturated rings. The molecule has 0 atom stereocenters. The number of fused-ring (bicyclic) bond motifs is 6. The Kier molecular flexibility index (Phi) is 5.32. The average Bonchev–Trinajstić information content (AvgIpc) is 3.54. The minimum absolute atomic E-state index is 0.0555. The van der Waals surface area contributed by atoms with Crippen LogP contribution in [0.3, 0.4) is 0 Å². The molecule has 42 heavy (non-hydrogen) atoms. The van der Waals surface area contributed by atoms with Gasteiger partial charge >= 0.3 is 0 Å². The lowest BCUT2D eigenvalue weighted by atomic mass is 9.87. The number of benzene rings is 5. The first kappa shape index (κ1) is 24.5. The predicted octanol–water partition coefficient (Wildman–Crippen LogP) is 9.03. The van der Waals surface area contributed by atoms with E-state index in [1.54, 1.807) is 0 Å². The third-order valence-electron chi connectivity index (χ3n) is 8.18. The summed E-state index contributed by atoms with van der Waals surface area (Å²) in [4.78, 5) is 15.5. The van der Waals surface area contributed by atoms with Crippen molar-refractivity contribution in [1.29, 1.82) is 0 Å². The van der Waals surface area contributed by atoms with Crippen molar-refractivity contribution in [2.24, 2.45) is 0 Å². The lowest BCUT2D eigenvalue weighted by Gasteiger charge is -2.19. The molecule has 0 aliphatic carbocycles. The molecule has 0 N–H and O–H groups in total. The van der Waals surface area contributed by atoms with E-state index in [0.717, 1.165) is 27.6 Å². The molecule has 3 heterocycles. The summed E-state index contributed by atoms with van der Waals surface area (Å²) in [6.07, 6.45) is 0. The minimum Gasteiger partial charge on any atom is -0.278 e. The third kappa shape index (κ3) is 3.74. The van der Waals surface area contributed by atoms with Crippen LogP contribution in [-0.2, 0) is 5.41 Å². The molecule has 0 saturated carbocycles. The highest BCUT2D eigenvalue weighted by Crippen LogP contribution is 2.34. The first-order valence-corrected chi connectivity index (χ1v) is 14.3. The second-order valence-corrected chi connectivity index (χ2v) is 11.8. The molecule has 0 unspecified atom stereocenters. The van der Waals surface area contributed by atoms with E-state index in [1.165, 1.54) is 27.1 Å². The molecule has 8 aromatic rings. The second kappa shape index (κ2) is 9.11. The summed E-state index contributed by atoms with van der Waals surface area (Å²) in [5.74, 6) is 1.82. The maximum atomic E-state index is 5.20. The van der Waals surface area contributed by atoms with Crippen molar-refractivity contribution in [1.82, 2.24) is 24.1 Å². The number of para-hydroxylation sites is 4. The zero-order valence-corrected chi connectivity index (χ0v) is 23.8. The Labute approximate surface area is 243 Å². The van der Waals surface area contributed by atoms with E-state index in [0.29, 0.717) is 17.7 Å². The molecule has 5 aromatic carbocycles. The van der Waals surface area contributed by atoms with Crippen LogP contribution in [0.15, 0.2) is 121 Å². The van der Waals surface area contributed by atoms with Crippen LogP contribution in [-0.4, -0.2) is 24.1 Å². The van der Waals surface area contributed by atoms with E-state index in [2.05, 4.69) is 151 Å². The van der Waals surface area contributed by atoms with Gasteiger partial charge in [-0.1, -0.05) is 118 Å². The third-order valence-corrected chi connectivity index (χ3v) is 8.18. The van der Waals surface area contributed by atoms with Crippen molar-refractivity contribution in [3.8, 4) is 23.3 Å². The lowest BCUT2D eigenvalue weighted by Crippen LogP contribution is -2.11. The van der Waals surface area contributed by atoms with Gasteiger partial charge in [0, 0.05) is 27.1 Å². The first-order valence-electron chi connectivity index (χ1n) is 14.3. The summed E-state index contributed by atoms with van der Waals surface area (Å²) in [7, 11) is 0. The van der Waals surface area contributed by atoms with Gasteiger partial charge in [-0.2, -0.15) is 15.0 Å². The molecule has 5 nitrogen and oxygen atoms in total. The molecular weight excluding hydrogens is 514 g/mol. The Morgan fingerprint density at radius 3 is 1.14 bits per heavy atom. The number of hydrogen-bond donors (Lipinski definition) is 0. The first-order chi connectivity index (χ1) is 20.5. The predicted molar refractivity (Wildman–Crippen MR) is 173 cm³/mol. The van der Waals surface area contributed by atoms with Crippen molar-refractivity contribution in [3.05, 3.63) is 127 Å². The molecular formula is C37H29N5. The SMILES string of the molecule is CC(C)(C)c1ccc(-c2nc(-n3c4ccccc4c4ccccc43)nc(-n3c4ccccc4c4ccccc43)n2)cc1. The summed E-state index contributed by atoms with van der Waals surface area (Å²) in [6.45, 7) is 6.68. The van der Waals surface area contributed by atoms with Crippen molar-refractivity contribution in [2.75, 3.05) is 0 Å². The Balaban J connectivity index is 1.46. The van der Waals surface area contributed by atoms with Gasteiger partial charge in [0.25, 0.3) is 0 Å². The fourth-order valence-electron chi connectivity index (χ4n) is 6.08. The summed E-state index contributed by atoms with van der Waals surface area (Å²) in [5.41, 5.74) is 6.53. The summed E-state index contributed by atoms with van der Waals surface area (Å²) < 4.78 is 4.33. The van der Waals surface area contributed by atoms with Crippen molar-refractivity contribution >= 4 is 43.6 Å². The number of aromatic nitrogens is 5. The van der Waals surface area contributed by atoms with E-state index in [9.17, 15) is 0 Å². The van der Waals surface area contributed by atoms with E-state index in [-0.39, 0.29) is 5.41 Å². The molecule has 5 heteroatoms. The fraction of sp³-hybridized carbons (Fsp3) is 0.108. The van der Waals surface area contributed by atoms with E-state index < -0.39 is 0 Å². The van der Waals surface area contributed by atoms with Crippen molar-refractivity contribution in [2.45, 2.75) is 26.2 Å². The Bertz CT molecular complexity index is 2040. The van der Waals surface area contributed by atoms with Gasteiger partial charge in [0.15, 0.2) is 5.82 Å². The average molecular weight is 544 g/mol. The van der Waals surface area contributed by atoms with Gasteiger partial charge in [0.05, 0.1) is 22.1 Å². The van der Waals surface area contributed by atoms with Crippen LogP contribution in [0.2, 0.25) is 0 Å². The normalized spacial score (nSPS) is 12.2. The van der Waals surface area contributed by atoms with Crippen molar-refractivity contribution < 1.29 is 0 Å². The van der Waals surface area contributed by atoms with Crippen molar-refractivity contribution in [3.63, 3.8) is 0 Å². The van der Waals surface area contributed by atoms with Gasteiger partial charge in [0.1, 0.15) is 0 Å². The molecule has 8 rings (SSSR count). The fourth-order valence-corrected chi connectivity index (χ4v) is 6.08. The molecule has 202 valence electrons. The summed E-state index contributed by atoms with van der Waals surface area (Å²) in [6, 6.07) is 42.4. The van der Waals surface area contributed by atoms with Crippen LogP contribution in [0.5, 0.6) is 0 Å². The molecule has 3 aromatic heterocycles. The van der Waals surface area contributed by atoms with E-state index in [1.807, 2.05) is 0 Å². The Hall–Kier alpha value is -5.29. The maximum Gasteiger partial charge on any atom is 0.240 e.